The SMILES string of the molecule is FC(F)(F)c1cc(-c2cccc(Cl)c2)ncn1. The predicted octanol–water partition coefficient (Wildman–Crippen LogP) is 3.82. The second kappa shape index (κ2) is 4.33. The molecule has 0 spiro atoms. The molecule has 1 aromatic heterocycles. The van der Waals surface area contributed by atoms with Gasteiger partial charge in [0.05, 0.1) is 5.69 Å². The molecule has 0 saturated heterocycles. The van der Waals surface area contributed by atoms with E-state index in [1.165, 1.54) is 0 Å². The van der Waals surface area contributed by atoms with E-state index in [0.717, 1.165) is 12.4 Å². The molecule has 2 aromatic rings. The lowest BCUT2D eigenvalue weighted by molar-refractivity contribution is -0.141. The summed E-state index contributed by atoms with van der Waals surface area (Å²) in [6.07, 6.45) is -3.59. The molecule has 0 fully saturated rings. The number of aromatic nitrogens is 2. The third-order valence-corrected chi connectivity index (χ3v) is 2.31. The van der Waals surface area contributed by atoms with Gasteiger partial charge in [0.25, 0.3) is 0 Å². The van der Waals surface area contributed by atoms with E-state index in [1.54, 1.807) is 24.3 Å². The van der Waals surface area contributed by atoms with Gasteiger partial charge in [0.2, 0.25) is 0 Å². The zero-order valence-electron chi connectivity index (χ0n) is 8.37. The van der Waals surface area contributed by atoms with Crippen molar-refractivity contribution in [1.82, 2.24) is 9.97 Å². The summed E-state index contributed by atoms with van der Waals surface area (Å²) >= 11 is 5.76. The second-order valence-electron chi connectivity index (χ2n) is 3.30. The van der Waals surface area contributed by atoms with Crippen LogP contribution in [0.3, 0.4) is 0 Å². The largest absolute Gasteiger partial charge is 0.433 e. The Morgan fingerprint density at radius 1 is 1.06 bits per heavy atom. The number of nitrogens with zero attached hydrogens (tertiary/aromatic N) is 2. The molecule has 1 aromatic carbocycles. The van der Waals surface area contributed by atoms with Crippen LogP contribution in [-0.4, -0.2) is 9.97 Å². The van der Waals surface area contributed by atoms with Crippen LogP contribution in [0.2, 0.25) is 5.02 Å². The summed E-state index contributed by atoms with van der Waals surface area (Å²) in [6.45, 7) is 0. The second-order valence-corrected chi connectivity index (χ2v) is 3.73. The predicted molar refractivity (Wildman–Crippen MR) is 57.5 cm³/mol. The Balaban J connectivity index is 2.47. The molecule has 0 aliphatic carbocycles. The van der Waals surface area contributed by atoms with Crippen LogP contribution < -0.4 is 0 Å². The van der Waals surface area contributed by atoms with Crippen LogP contribution in [0.15, 0.2) is 36.7 Å². The van der Waals surface area contributed by atoms with Crippen LogP contribution in [-0.2, 0) is 6.18 Å². The van der Waals surface area contributed by atoms with Crippen LogP contribution in [0.25, 0.3) is 11.3 Å². The molecule has 0 atom stereocenters. The van der Waals surface area contributed by atoms with Gasteiger partial charge in [0.1, 0.15) is 12.0 Å². The van der Waals surface area contributed by atoms with Gasteiger partial charge < -0.3 is 0 Å². The Morgan fingerprint density at radius 2 is 1.82 bits per heavy atom. The Hall–Kier alpha value is -1.62. The molecule has 0 radical (unpaired) electrons. The standard InChI is InChI=1S/C11H6ClF3N2/c12-8-3-1-2-7(4-8)9-5-10(11(13,14)15)17-6-16-9/h1-6H. The minimum Gasteiger partial charge on any atom is -0.236 e. The van der Waals surface area contributed by atoms with E-state index in [4.69, 9.17) is 11.6 Å². The molecule has 0 bridgehead atoms. The molecule has 0 aliphatic rings. The van der Waals surface area contributed by atoms with Crippen LogP contribution in [0, 0.1) is 0 Å². The normalized spacial score (nSPS) is 11.5. The lowest BCUT2D eigenvalue weighted by Gasteiger charge is -2.07. The molecule has 0 aliphatic heterocycles. The van der Waals surface area contributed by atoms with Crippen molar-refractivity contribution in [2.45, 2.75) is 6.18 Å². The lowest BCUT2D eigenvalue weighted by Crippen LogP contribution is -2.08. The van der Waals surface area contributed by atoms with Crippen LogP contribution in [0.5, 0.6) is 0 Å². The first kappa shape index (κ1) is 11.9. The third kappa shape index (κ3) is 2.74. The van der Waals surface area contributed by atoms with E-state index < -0.39 is 11.9 Å². The molecule has 0 amide bonds. The first-order valence-electron chi connectivity index (χ1n) is 4.62. The summed E-state index contributed by atoms with van der Waals surface area (Å²) in [5.74, 6) is 0. The van der Waals surface area contributed by atoms with Gasteiger partial charge in [0.15, 0.2) is 0 Å². The number of benzene rings is 1. The smallest absolute Gasteiger partial charge is 0.236 e. The van der Waals surface area contributed by atoms with E-state index in [1.807, 2.05) is 0 Å². The third-order valence-electron chi connectivity index (χ3n) is 2.08. The minimum atomic E-state index is -4.48. The Labute approximate surface area is 100 Å². The molecule has 2 rings (SSSR count). The summed E-state index contributed by atoms with van der Waals surface area (Å²) in [4.78, 5) is 6.98. The molecule has 0 saturated carbocycles. The van der Waals surface area contributed by atoms with Crippen molar-refractivity contribution in [3.05, 3.63) is 47.4 Å². The van der Waals surface area contributed by atoms with Crippen molar-refractivity contribution in [2.24, 2.45) is 0 Å². The fraction of sp³-hybridized carbons (Fsp3) is 0.0909. The monoisotopic (exact) mass is 258 g/mol. The van der Waals surface area contributed by atoms with Crippen molar-refractivity contribution >= 4 is 11.6 Å². The van der Waals surface area contributed by atoms with E-state index in [9.17, 15) is 13.2 Å². The quantitative estimate of drug-likeness (QED) is 0.777. The van der Waals surface area contributed by atoms with Crippen molar-refractivity contribution in [2.75, 3.05) is 0 Å². The maximum absolute atomic E-state index is 12.4. The highest BCUT2D eigenvalue weighted by Gasteiger charge is 2.32. The zero-order valence-corrected chi connectivity index (χ0v) is 9.13. The minimum absolute atomic E-state index is 0.190. The first-order chi connectivity index (χ1) is 7.97. The van der Waals surface area contributed by atoms with Crippen LogP contribution in [0.1, 0.15) is 5.69 Å². The lowest BCUT2D eigenvalue weighted by atomic mass is 10.1. The summed E-state index contributed by atoms with van der Waals surface area (Å²) in [5.41, 5.74) is -0.261. The van der Waals surface area contributed by atoms with Gasteiger partial charge in [-0.3, -0.25) is 0 Å². The van der Waals surface area contributed by atoms with Gasteiger partial charge in [-0.15, -0.1) is 0 Å². The summed E-state index contributed by atoms with van der Waals surface area (Å²) < 4.78 is 37.3. The van der Waals surface area contributed by atoms with Crippen molar-refractivity contribution < 1.29 is 13.2 Å². The molecule has 0 N–H and O–H groups in total. The van der Waals surface area contributed by atoms with Crippen LogP contribution >= 0.6 is 11.6 Å². The number of halogens is 4. The number of hydrogen-bond donors (Lipinski definition) is 0. The highest BCUT2D eigenvalue weighted by molar-refractivity contribution is 6.30. The molecule has 2 nitrogen and oxygen atoms in total. The van der Waals surface area contributed by atoms with Gasteiger partial charge in [-0.05, 0) is 18.2 Å². The Kier molecular flexibility index (Phi) is 3.02. The van der Waals surface area contributed by atoms with E-state index in [0.29, 0.717) is 10.6 Å². The summed E-state index contributed by atoms with van der Waals surface area (Å²) in [6, 6.07) is 7.36. The maximum Gasteiger partial charge on any atom is 0.433 e. The van der Waals surface area contributed by atoms with Crippen LogP contribution in [0.4, 0.5) is 13.2 Å². The van der Waals surface area contributed by atoms with Gasteiger partial charge in [-0.2, -0.15) is 13.2 Å². The van der Waals surface area contributed by atoms with Crippen molar-refractivity contribution in [3.8, 4) is 11.3 Å². The first-order valence-corrected chi connectivity index (χ1v) is 5.00. The highest BCUT2D eigenvalue weighted by atomic mass is 35.5. The number of rotatable bonds is 1. The summed E-state index contributed by atoms with van der Waals surface area (Å²) in [7, 11) is 0. The maximum atomic E-state index is 12.4. The van der Waals surface area contributed by atoms with Gasteiger partial charge in [-0.25, -0.2) is 9.97 Å². The molecule has 0 unspecified atom stereocenters. The van der Waals surface area contributed by atoms with Crippen molar-refractivity contribution in [1.29, 1.82) is 0 Å². The molecule has 1 heterocycles. The topological polar surface area (TPSA) is 25.8 Å². The van der Waals surface area contributed by atoms with E-state index in [2.05, 4.69) is 9.97 Å². The fourth-order valence-electron chi connectivity index (χ4n) is 1.32. The molecule has 6 heteroatoms. The van der Waals surface area contributed by atoms with E-state index in [-0.39, 0.29) is 5.69 Å². The summed E-state index contributed by atoms with van der Waals surface area (Å²) in [5, 5.41) is 0.440. The highest BCUT2D eigenvalue weighted by Crippen LogP contribution is 2.29. The van der Waals surface area contributed by atoms with Gasteiger partial charge in [0, 0.05) is 10.6 Å². The van der Waals surface area contributed by atoms with Gasteiger partial charge >= 0.3 is 6.18 Å². The number of alkyl halides is 3. The van der Waals surface area contributed by atoms with Crippen molar-refractivity contribution in [3.63, 3.8) is 0 Å². The van der Waals surface area contributed by atoms with E-state index >= 15 is 0 Å². The average molecular weight is 259 g/mol. The zero-order chi connectivity index (χ0) is 12.5. The average Bonchev–Trinajstić information content (AvgIpc) is 2.28. The molecule has 17 heavy (non-hydrogen) atoms. The Morgan fingerprint density at radius 3 is 2.47 bits per heavy atom. The molecule has 88 valence electrons. The Bertz CT molecular complexity index is 540. The molecular weight excluding hydrogens is 253 g/mol. The molecular formula is C11H6ClF3N2. The van der Waals surface area contributed by atoms with Gasteiger partial charge in [-0.1, -0.05) is 23.7 Å². The number of hydrogen-bond acceptors (Lipinski definition) is 2. The fourth-order valence-corrected chi connectivity index (χ4v) is 1.51.